The average molecular weight is 410 g/mol. The maximum atomic E-state index is 13.2. The fourth-order valence-corrected chi connectivity index (χ4v) is 3.63. The van der Waals surface area contributed by atoms with Crippen LogP contribution < -0.4 is 15.0 Å². The predicted molar refractivity (Wildman–Crippen MR) is 119 cm³/mol. The zero-order valence-corrected chi connectivity index (χ0v) is 18.0. The first-order valence-corrected chi connectivity index (χ1v) is 10.6. The molecule has 1 atom stereocenters. The van der Waals surface area contributed by atoms with E-state index in [-0.39, 0.29) is 17.7 Å². The van der Waals surface area contributed by atoms with Gasteiger partial charge in [-0.2, -0.15) is 0 Å². The molecule has 0 radical (unpaired) electrons. The van der Waals surface area contributed by atoms with Crippen LogP contribution in [0.4, 0.5) is 5.69 Å². The van der Waals surface area contributed by atoms with Crippen molar-refractivity contribution in [2.24, 2.45) is 5.92 Å². The first-order valence-electron chi connectivity index (χ1n) is 10.6. The van der Waals surface area contributed by atoms with Crippen molar-refractivity contribution in [1.29, 1.82) is 0 Å². The summed E-state index contributed by atoms with van der Waals surface area (Å²) >= 11 is 0. The normalized spacial score (nSPS) is 15.1. The van der Waals surface area contributed by atoms with Gasteiger partial charge in [0.15, 0.2) is 0 Å². The highest BCUT2D eigenvalue weighted by Gasteiger charge is 2.31. The van der Waals surface area contributed by atoms with Crippen molar-refractivity contribution in [2.45, 2.75) is 26.8 Å². The van der Waals surface area contributed by atoms with Crippen LogP contribution in [-0.2, 0) is 4.79 Å². The first-order chi connectivity index (χ1) is 14.5. The summed E-state index contributed by atoms with van der Waals surface area (Å²) in [7, 11) is 0. The Morgan fingerprint density at radius 1 is 0.967 bits per heavy atom. The Morgan fingerprint density at radius 3 is 2.17 bits per heavy atom. The van der Waals surface area contributed by atoms with Gasteiger partial charge in [0, 0.05) is 37.4 Å². The molecule has 0 aliphatic carbocycles. The molecule has 6 heteroatoms. The minimum absolute atomic E-state index is 0.00343. The summed E-state index contributed by atoms with van der Waals surface area (Å²) in [6.07, 6.45) is 0. The van der Waals surface area contributed by atoms with E-state index in [1.807, 2.05) is 43.9 Å². The van der Waals surface area contributed by atoms with E-state index in [9.17, 15) is 9.59 Å². The van der Waals surface area contributed by atoms with Crippen molar-refractivity contribution in [3.8, 4) is 5.75 Å². The van der Waals surface area contributed by atoms with Gasteiger partial charge in [-0.3, -0.25) is 9.59 Å². The molecule has 1 saturated heterocycles. The number of carbonyl (C=O) groups excluding carboxylic acids is 2. The third-order valence-electron chi connectivity index (χ3n) is 5.36. The quantitative estimate of drug-likeness (QED) is 0.763. The van der Waals surface area contributed by atoms with E-state index in [4.69, 9.17) is 4.74 Å². The molecule has 2 aromatic rings. The molecule has 1 fully saturated rings. The molecular formula is C24H31N3O3. The molecule has 1 heterocycles. The number of anilines is 1. The molecule has 0 aromatic heterocycles. The first kappa shape index (κ1) is 21.7. The fraction of sp³-hybridized carbons (Fsp3) is 0.417. The lowest BCUT2D eigenvalue weighted by molar-refractivity contribution is -0.134. The van der Waals surface area contributed by atoms with Gasteiger partial charge in [-0.05, 0) is 49.2 Å². The Bertz CT molecular complexity index is 829. The highest BCUT2D eigenvalue weighted by Crippen LogP contribution is 2.18. The van der Waals surface area contributed by atoms with Crippen LogP contribution in [0.5, 0.6) is 5.75 Å². The lowest BCUT2D eigenvalue weighted by atomic mass is 10.0. The number of para-hydroxylation sites is 1. The van der Waals surface area contributed by atoms with E-state index >= 15 is 0 Å². The number of hydrogen-bond donors (Lipinski definition) is 1. The second kappa shape index (κ2) is 10.1. The SMILES string of the molecule is CCOc1ccc(C(=O)NC(C(=O)N2CCN(c3ccccc3)CC2)C(C)C)cc1. The number of piperazine rings is 1. The average Bonchev–Trinajstić information content (AvgIpc) is 2.78. The van der Waals surface area contributed by atoms with E-state index < -0.39 is 6.04 Å². The molecule has 0 saturated carbocycles. The van der Waals surface area contributed by atoms with Crippen LogP contribution >= 0.6 is 0 Å². The molecule has 160 valence electrons. The fourth-order valence-electron chi connectivity index (χ4n) is 3.63. The van der Waals surface area contributed by atoms with Gasteiger partial charge in [-0.25, -0.2) is 0 Å². The minimum Gasteiger partial charge on any atom is -0.494 e. The second-order valence-electron chi connectivity index (χ2n) is 7.80. The van der Waals surface area contributed by atoms with Crippen LogP contribution in [0.1, 0.15) is 31.1 Å². The van der Waals surface area contributed by atoms with Gasteiger partial charge in [0.05, 0.1) is 6.61 Å². The van der Waals surface area contributed by atoms with Crippen molar-refractivity contribution < 1.29 is 14.3 Å². The number of carbonyl (C=O) groups is 2. The summed E-state index contributed by atoms with van der Waals surface area (Å²) in [6, 6.07) is 16.7. The van der Waals surface area contributed by atoms with Crippen LogP contribution in [0.15, 0.2) is 54.6 Å². The number of ether oxygens (including phenoxy) is 1. The number of nitrogens with zero attached hydrogens (tertiary/aromatic N) is 2. The van der Waals surface area contributed by atoms with Gasteiger partial charge < -0.3 is 19.9 Å². The predicted octanol–water partition coefficient (Wildman–Crippen LogP) is 3.19. The lowest BCUT2D eigenvalue weighted by Crippen LogP contribution is -2.56. The lowest BCUT2D eigenvalue weighted by Gasteiger charge is -2.38. The molecule has 3 rings (SSSR count). The van der Waals surface area contributed by atoms with Crippen molar-refractivity contribution in [3.63, 3.8) is 0 Å². The molecular weight excluding hydrogens is 378 g/mol. The Labute approximate surface area is 178 Å². The van der Waals surface area contributed by atoms with Crippen LogP contribution in [0.3, 0.4) is 0 Å². The molecule has 1 aliphatic heterocycles. The largest absolute Gasteiger partial charge is 0.494 e. The van der Waals surface area contributed by atoms with E-state index in [0.29, 0.717) is 25.3 Å². The van der Waals surface area contributed by atoms with Gasteiger partial charge >= 0.3 is 0 Å². The highest BCUT2D eigenvalue weighted by atomic mass is 16.5. The van der Waals surface area contributed by atoms with E-state index in [1.165, 1.54) is 5.69 Å². The number of benzene rings is 2. The van der Waals surface area contributed by atoms with Crippen LogP contribution in [-0.4, -0.2) is 55.5 Å². The topological polar surface area (TPSA) is 61.9 Å². The summed E-state index contributed by atoms with van der Waals surface area (Å²) in [5.41, 5.74) is 1.69. The Kier molecular flexibility index (Phi) is 7.33. The number of nitrogens with one attached hydrogen (secondary N) is 1. The standard InChI is InChI=1S/C24H31N3O3/c1-4-30-21-12-10-19(11-13-21)23(28)25-22(18(2)3)24(29)27-16-14-26(15-17-27)20-8-6-5-7-9-20/h5-13,18,22H,4,14-17H2,1-3H3,(H,25,28). The van der Waals surface area contributed by atoms with Gasteiger partial charge in [-0.1, -0.05) is 32.0 Å². The summed E-state index contributed by atoms with van der Waals surface area (Å²) in [6.45, 7) is 9.28. The molecule has 30 heavy (non-hydrogen) atoms. The number of amides is 2. The maximum Gasteiger partial charge on any atom is 0.251 e. The summed E-state index contributed by atoms with van der Waals surface area (Å²) < 4.78 is 5.42. The molecule has 2 aromatic carbocycles. The second-order valence-corrected chi connectivity index (χ2v) is 7.80. The summed E-state index contributed by atoms with van der Waals surface area (Å²) in [4.78, 5) is 30.0. The van der Waals surface area contributed by atoms with Crippen molar-refractivity contribution in [1.82, 2.24) is 10.2 Å². The number of rotatable bonds is 7. The maximum absolute atomic E-state index is 13.2. The van der Waals surface area contributed by atoms with Crippen molar-refractivity contribution in [2.75, 3.05) is 37.7 Å². The molecule has 6 nitrogen and oxygen atoms in total. The third kappa shape index (κ3) is 5.32. The Morgan fingerprint density at radius 2 is 1.60 bits per heavy atom. The zero-order chi connectivity index (χ0) is 21.5. The molecule has 1 aliphatic rings. The van der Waals surface area contributed by atoms with E-state index in [1.54, 1.807) is 24.3 Å². The van der Waals surface area contributed by atoms with E-state index in [0.717, 1.165) is 18.8 Å². The number of hydrogen-bond acceptors (Lipinski definition) is 4. The zero-order valence-electron chi connectivity index (χ0n) is 18.0. The van der Waals surface area contributed by atoms with Crippen LogP contribution in [0, 0.1) is 5.92 Å². The van der Waals surface area contributed by atoms with Crippen molar-refractivity contribution >= 4 is 17.5 Å². The van der Waals surface area contributed by atoms with Gasteiger partial charge in [0.1, 0.15) is 11.8 Å². The molecule has 1 N–H and O–H groups in total. The molecule has 0 bridgehead atoms. The van der Waals surface area contributed by atoms with Crippen LogP contribution in [0.25, 0.3) is 0 Å². The smallest absolute Gasteiger partial charge is 0.251 e. The summed E-state index contributed by atoms with van der Waals surface area (Å²) in [5.74, 6) is 0.461. The van der Waals surface area contributed by atoms with Gasteiger partial charge in [0.2, 0.25) is 5.91 Å². The Balaban J connectivity index is 1.60. The minimum atomic E-state index is -0.549. The summed E-state index contributed by atoms with van der Waals surface area (Å²) in [5, 5.41) is 2.94. The van der Waals surface area contributed by atoms with Crippen LogP contribution in [0.2, 0.25) is 0 Å². The molecule has 2 amide bonds. The Hall–Kier alpha value is -3.02. The van der Waals surface area contributed by atoms with Gasteiger partial charge in [-0.15, -0.1) is 0 Å². The monoisotopic (exact) mass is 409 g/mol. The van der Waals surface area contributed by atoms with E-state index in [2.05, 4.69) is 22.3 Å². The third-order valence-corrected chi connectivity index (χ3v) is 5.36. The highest BCUT2D eigenvalue weighted by molar-refractivity contribution is 5.97. The van der Waals surface area contributed by atoms with Crippen molar-refractivity contribution in [3.05, 3.63) is 60.2 Å². The molecule has 1 unspecified atom stereocenters. The van der Waals surface area contributed by atoms with Gasteiger partial charge in [0.25, 0.3) is 5.91 Å². The molecule has 0 spiro atoms.